The van der Waals surface area contributed by atoms with E-state index < -0.39 is 9.84 Å². The summed E-state index contributed by atoms with van der Waals surface area (Å²) in [4.78, 5) is 0. The Morgan fingerprint density at radius 1 is 1.47 bits per heavy atom. The maximum atomic E-state index is 11.2. The van der Waals surface area contributed by atoms with E-state index >= 15 is 0 Å². The molecular formula is C9H17NO3S2. The molecule has 0 amide bonds. The predicted molar refractivity (Wildman–Crippen MR) is 63.6 cm³/mol. The van der Waals surface area contributed by atoms with Gasteiger partial charge in [-0.2, -0.15) is 0 Å². The fourth-order valence-corrected chi connectivity index (χ4v) is 3.47. The largest absolute Gasteiger partial charge is 0.465 e. The Kier molecular flexibility index (Phi) is 3.60. The number of rotatable bonds is 1. The molecule has 1 saturated heterocycles. The molecule has 15 heavy (non-hydrogen) atoms. The van der Waals surface area contributed by atoms with Crippen LogP contribution in [0.1, 0.15) is 27.2 Å². The fraction of sp³-hybridized carbons (Fsp3) is 0.889. The SMILES string of the molecule is CC(C)(C)OC(=S)N[C@@H]1CCS(=O)(=O)C1. The Morgan fingerprint density at radius 2 is 2.07 bits per heavy atom. The van der Waals surface area contributed by atoms with Gasteiger partial charge in [-0.15, -0.1) is 0 Å². The molecule has 1 fully saturated rings. The van der Waals surface area contributed by atoms with Crippen molar-refractivity contribution in [1.29, 1.82) is 0 Å². The standard InChI is InChI=1S/C9H17NO3S2/c1-9(2,3)13-8(14)10-7-4-5-15(11,12)6-7/h7H,4-6H2,1-3H3,(H,10,14)/t7-/m1/s1. The summed E-state index contributed by atoms with van der Waals surface area (Å²) in [6.07, 6.45) is 0.607. The highest BCUT2D eigenvalue weighted by Crippen LogP contribution is 2.13. The molecule has 0 unspecified atom stereocenters. The van der Waals surface area contributed by atoms with E-state index in [9.17, 15) is 8.42 Å². The maximum Gasteiger partial charge on any atom is 0.257 e. The van der Waals surface area contributed by atoms with Crippen LogP contribution in [0.2, 0.25) is 0 Å². The maximum absolute atomic E-state index is 11.2. The van der Waals surface area contributed by atoms with Crippen LogP contribution in [0.5, 0.6) is 0 Å². The Bertz CT molecular complexity index is 343. The molecule has 0 aromatic rings. The van der Waals surface area contributed by atoms with Crippen molar-refractivity contribution in [2.24, 2.45) is 0 Å². The first-order chi connectivity index (χ1) is 6.68. The quantitative estimate of drug-likeness (QED) is 0.701. The first-order valence-corrected chi connectivity index (χ1v) is 7.11. The lowest BCUT2D eigenvalue weighted by molar-refractivity contribution is 0.113. The molecule has 88 valence electrons. The van der Waals surface area contributed by atoms with E-state index in [0.29, 0.717) is 6.42 Å². The molecule has 6 heteroatoms. The van der Waals surface area contributed by atoms with Crippen molar-refractivity contribution < 1.29 is 13.2 Å². The molecule has 1 aliphatic rings. The smallest absolute Gasteiger partial charge is 0.257 e. The first-order valence-electron chi connectivity index (χ1n) is 4.88. The van der Waals surface area contributed by atoms with Crippen molar-refractivity contribution in [2.75, 3.05) is 11.5 Å². The molecular weight excluding hydrogens is 234 g/mol. The van der Waals surface area contributed by atoms with Crippen molar-refractivity contribution in [3.8, 4) is 0 Å². The normalized spacial score (nSPS) is 24.9. The van der Waals surface area contributed by atoms with Crippen LogP contribution in [-0.2, 0) is 14.6 Å². The van der Waals surface area contributed by atoms with Gasteiger partial charge in [0.1, 0.15) is 5.60 Å². The van der Waals surface area contributed by atoms with Crippen LogP contribution in [0.4, 0.5) is 0 Å². The van der Waals surface area contributed by atoms with Crippen molar-refractivity contribution in [3.05, 3.63) is 0 Å². The molecule has 4 nitrogen and oxygen atoms in total. The third-order valence-electron chi connectivity index (χ3n) is 1.95. The minimum absolute atomic E-state index is 0.0927. The summed E-state index contributed by atoms with van der Waals surface area (Å²) in [7, 11) is -2.86. The van der Waals surface area contributed by atoms with Crippen LogP contribution in [0.15, 0.2) is 0 Å². The number of hydrogen-bond acceptors (Lipinski definition) is 4. The molecule has 0 spiro atoms. The zero-order chi connectivity index (χ0) is 11.7. The molecule has 0 saturated carbocycles. The van der Waals surface area contributed by atoms with Gasteiger partial charge in [0.05, 0.1) is 11.5 Å². The van der Waals surface area contributed by atoms with Gasteiger partial charge in [-0.25, -0.2) is 8.42 Å². The lowest BCUT2D eigenvalue weighted by Gasteiger charge is -2.23. The van der Waals surface area contributed by atoms with Gasteiger partial charge in [0.2, 0.25) is 0 Å². The molecule has 1 N–H and O–H groups in total. The van der Waals surface area contributed by atoms with E-state index in [4.69, 9.17) is 17.0 Å². The summed E-state index contributed by atoms with van der Waals surface area (Å²) >= 11 is 4.99. The molecule has 0 bridgehead atoms. The topological polar surface area (TPSA) is 55.4 Å². The van der Waals surface area contributed by atoms with Gasteiger partial charge < -0.3 is 10.1 Å². The average Bonchev–Trinajstić information content (AvgIpc) is 2.25. The number of sulfone groups is 1. The zero-order valence-corrected chi connectivity index (χ0v) is 10.9. The Hall–Kier alpha value is -0.360. The van der Waals surface area contributed by atoms with Crippen LogP contribution >= 0.6 is 12.2 Å². The highest BCUT2D eigenvalue weighted by molar-refractivity contribution is 7.91. The van der Waals surface area contributed by atoms with Crippen molar-refractivity contribution in [1.82, 2.24) is 5.32 Å². The summed E-state index contributed by atoms with van der Waals surface area (Å²) in [5, 5.41) is 3.20. The van der Waals surface area contributed by atoms with E-state index in [1.165, 1.54) is 0 Å². The van der Waals surface area contributed by atoms with Gasteiger partial charge in [0, 0.05) is 6.04 Å². The van der Waals surface area contributed by atoms with Crippen molar-refractivity contribution >= 4 is 27.2 Å². The number of nitrogens with one attached hydrogen (secondary N) is 1. The second-order valence-corrected chi connectivity index (χ2v) is 7.35. The summed E-state index contributed by atoms with van der Waals surface area (Å²) < 4.78 is 27.8. The molecule has 0 aliphatic carbocycles. The van der Waals surface area contributed by atoms with Crippen molar-refractivity contribution in [2.45, 2.75) is 38.8 Å². The minimum Gasteiger partial charge on any atom is -0.465 e. The zero-order valence-electron chi connectivity index (χ0n) is 9.24. The molecule has 1 rings (SSSR count). The van der Waals surface area contributed by atoms with E-state index in [1.54, 1.807) is 0 Å². The number of hydrogen-bond donors (Lipinski definition) is 1. The van der Waals surface area contributed by atoms with Gasteiger partial charge in [0.15, 0.2) is 9.84 Å². The summed E-state index contributed by atoms with van der Waals surface area (Å²) in [6, 6.07) is -0.0927. The second kappa shape index (κ2) is 4.25. The molecule has 0 aromatic heterocycles. The highest BCUT2D eigenvalue weighted by Gasteiger charge is 2.29. The third-order valence-corrected chi connectivity index (χ3v) is 3.92. The van der Waals surface area contributed by atoms with E-state index in [0.717, 1.165) is 0 Å². The lowest BCUT2D eigenvalue weighted by atomic mass is 10.2. The Morgan fingerprint density at radius 3 is 2.47 bits per heavy atom. The third kappa shape index (κ3) is 4.79. The highest BCUT2D eigenvalue weighted by atomic mass is 32.2. The molecule has 1 aliphatic heterocycles. The summed E-state index contributed by atoms with van der Waals surface area (Å²) in [5.41, 5.74) is -0.346. The van der Waals surface area contributed by atoms with Crippen LogP contribution < -0.4 is 5.32 Å². The monoisotopic (exact) mass is 251 g/mol. The van der Waals surface area contributed by atoms with E-state index in [2.05, 4.69) is 5.32 Å². The van der Waals surface area contributed by atoms with Gasteiger partial charge in [-0.3, -0.25) is 0 Å². The van der Waals surface area contributed by atoms with Crippen LogP contribution in [0.25, 0.3) is 0 Å². The fourth-order valence-electron chi connectivity index (χ4n) is 1.38. The summed E-state index contributed by atoms with van der Waals surface area (Å²) in [5.74, 6) is 0.392. The van der Waals surface area contributed by atoms with Crippen LogP contribution in [0, 0.1) is 0 Å². The molecule has 1 atom stereocenters. The van der Waals surface area contributed by atoms with Crippen molar-refractivity contribution in [3.63, 3.8) is 0 Å². The Labute approximate surface area is 96.3 Å². The predicted octanol–water partition coefficient (Wildman–Crippen LogP) is 0.863. The van der Waals surface area contributed by atoms with E-state index in [-0.39, 0.29) is 28.3 Å². The second-order valence-electron chi connectivity index (χ2n) is 4.75. The van der Waals surface area contributed by atoms with Gasteiger partial charge in [-0.1, -0.05) is 0 Å². The average molecular weight is 251 g/mol. The minimum atomic E-state index is -2.86. The van der Waals surface area contributed by atoms with Gasteiger partial charge in [0.25, 0.3) is 5.17 Å². The number of ether oxygens (including phenoxy) is 1. The molecule has 0 radical (unpaired) electrons. The van der Waals surface area contributed by atoms with Gasteiger partial charge >= 0.3 is 0 Å². The lowest BCUT2D eigenvalue weighted by Crippen LogP contribution is -2.39. The van der Waals surface area contributed by atoms with Gasteiger partial charge in [-0.05, 0) is 39.4 Å². The van der Waals surface area contributed by atoms with Crippen LogP contribution in [0.3, 0.4) is 0 Å². The molecule has 0 aromatic carbocycles. The Balaban J connectivity index is 2.41. The summed E-state index contributed by atoms with van der Waals surface area (Å²) in [6.45, 7) is 5.69. The van der Waals surface area contributed by atoms with E-state index in [1.807, 2.05) is 20.8 Å². The van der Waals surface area contributed by atoms with Crippen LogP contribution in [-0.4, -0.2) is 36.7 Å². The molecule has 1 heterocycles. The first kappa shape index (κ1) is 12.7. The number of thiocarbonyl (C=S) groups is 1.